The molecule has 1 heterocycles. The van der Waals surface area contributed by atoms with Crippen LogP contribution in [0.1, 0.15) is 40.3 Å². The van der Waals surface area contributed by atoms with Gasteiger partial charge in [-0.3, -0.25) is 0 Å². The summed E-state index contributed by atoms with van der Waals surface area (Å²) < 4.78 is 9.71. The average Bonchev–Trinajstić information content (AvgIpc) is 2.54. The van der Waals surface area contributed by atoms with E-state index in [0.717, 1.165) is 0 Å². The van der Waals surface area contributed by atoms with E-state index in [1.165, 1.54) is 0 Å². The Morgan fingerprint density at radius 2 is 1.59 bits per heavy atom. The summed E-state index contributed by atoms with van der Waals surface area (Å²) in [6.45, 7) is 5.45. The minimum absolute atomic E-state index is 0.0443. The third-order valence-electron chi connectivity index (χ3n) is 2.18. The van der Waals surface area contributed by atoms with Crippen molar-refractivity contribution in [1.29, 1.82) is 0 Å². The lowest BCUT2D eigenvalue weighted by Crippen LogP contribution is -2.14. The molecule has 0 radical (unpaired) electrons. The number of carbonyl (C=O) groups excluding carboxylic acids is 2. The predicted molar refractivity (Wildman–Crippen MR) is 61.9 cm³/mol. The lowest BCUT2D eigenvalue weighted by Gasteiger charge is -2.05. The zero-order valence-corrected chi connectivity index (χ0v) is 10.1. The van der Waals surface area contributed by atoms with Crippen LogP contribution < -0.4 is 5.73 Å². The number of nitrogens with one attached hydrogen (secondary N) is 1. The Bertz CT molecular complexity index is 398. The summed E-state index contributed by atoms with van der Waals surface area (Å²) >= 11 is 0. The van der Waals surface area contributed by atoms with Crippen molar-refractivity contribution in [2.24, 2.45) is 0 Å². The van der Waals surface area contributed by atoms with Gasteiger partial charge in [0.1, 0.15) is 11.4 Å². The fourth-order valence-corrected chi connectivity index (χ4v) is 1.52. The lowest BCUT2D eigenvalue weighted by atomic mass is 10.1. The summed E-state index contributed by atoms with van der Waals surface area (Å²) in [5.74, 6) is -1.09. The molecule has 6 nitrogen and oxygen atoms in total. The Kier molecular flexibility index (Phi) is 4.14. The summed E-state index contributed by atoms with van der Waals surface area (Å²) in [6, 6.07) is 0. The van der Waals surface area contributed by atoms with Crippen molar-refractivity contribution >= 4 is 17.8 Å². The Morgan fingerprint density at radius 3 is 2.06 bits per heavy atom. The van der Waals surface area contributed by atoms with Gasteiger partial charge >= 0.3 is 11.9 Å². The van der Waals surface area contributed by atoms with Crippen molar-refractivity contribution in [3.63, 3.8) is 0 Å². The van der Waals surface area contributed by atoms with Crippen LogP contribution in [0.3, 0.4) is 0 Å². The molecule has 0 saturated carbocycles. The standard InChI is InChI=1S/C11H16N2O4/c1-4-16-10(14)7-6(3)13-9(12)8(7)11(15)17-5-2/h13H,4-5,12H2,1-3H3. The average molecular weight is 240 g/mol. The molecule has 0 spiro atoms. The molecule has 0 unspecified atom stereocenters. The topological polar surface area (TPSA) is 94.4 Å². The minimum Gasteiger partial charge on any atom is -0.462 e. The van der Waals surface area contributed by atoms with Crippen molar-refractivity contribution in [1.82, 2.24) is 4.98 Å². The van der Waals surface area contributed by atoms with Crippen molar-refractivity contribution < 1.29 is 19.1 Å². The van der Waals surface area contributed by atoms with Crippen molar-refractivity contribution in [2.75, 3.05) is 18.9 Å². The highest BCUT2D eigenvalue weighted by Crippen LogP contribution is 2.22. The molecule has 1 aromatic rings. The van der Waals surface area contributed by atoms with Crippen LogP contribution in [0.4, 0.5) is 5.82 Å². The molecule has 1 aromatic heterocycles. The number of rotatable bonds is 4. The van der Waals surface area contributed by atoms with Crippen LogP contribution in [0, 0.1) is 6.92 Å². The molecule has 0 aliphatic carbocycles. The summed E-state index contributed by atoms with van der Waals surface area (Å²) in [7, 11) is 0. The first-order valence-corrected chi connectivity index (χ1v) is 5.35. The van der Waals surface area contributed by atoms with Crippen LogP contribution in [0.2, 0.25) is 0 Å². The first-order valence-electron chi connectivity index (χ1n) is 5.35. The van der Waals surface area contributed by atoms with Gasteiger partial charge in [0.15, 0.2) is 0 Å². The van der Waals surface area contributed by atoms with Gasteiger partial charge in [-0.25, -0.2) is 9.59 Å². The largest absolute Gasteiger partial charge is 0.462 e. The van der Waals surface area contributed by atoms with E-state index in [0.29, 0.717) is 5.69 Å². The number of anilines is 1. The van der Waals surface area contributed by atoms with E-state index in [-0.39, 0.29) is 30.2 Å². The zero-order chi connectivity index (χ0) is 13.0. The number of H-pyrrole nitrogens is 1. The fraction of sp³-hybridized carbons (Fsp3) is 0.455. The van der Waals surface area contributed by atoms with Crippen molar-refractivity contribution in [3.8, 4) is 0 Å². The molecule has 94 valence electrons. The Labute approximate surface area is 99.1 Å². The molecular formula is C11H16N2O4. The molecule has 0 fully saturated rings. The van der Waals surface area contributed by atoms with E-state index in [4.69, 9.17) is 15.2 Å². The monoisotopic (exact) mass is 240 g/mol. The smallest absolute Gasteiger partial charge is 0.342 e. The SMILES string of the molecule is CCOC(=O)c1c(C)[nH]c(N)c1C(=O)OCC. The van der Waals surface area contributed by atoms with Gasteiger partial charge < -0.3 is 20.2 Å². The number of ether oxygens (including phenoxy) is 2. The maximum absolute atomic E-state index is 11.7. The molecule has 0 atom stereocenters. The van der Waals surface area contributed by atoms with Crippen molar-refractivity contribution in [2.45, 2.75) is 20.8 Å². The van der Waals surface area contributed by atoms with Crippen LogP contribution in [-0.2, 0) is 9.47 Å². The summed E-state index contributed by atoms with van der Waals surface area (Å²) in [5.41, 5.74) is 6.32. The highest BCUT2D eigenvalue weighted by molar-refractivity contribution is 6.07. The van der Waals surface area contributed by atoms with Gasteiger partial charge in [-0.2, -0.15) is 0 Å². The molecule has 0 aliphatic heterocycles. The zero-order valence-electron chi connectivity index (χ0n) is 10.1. The lowest BCUT2D eigenvalue weighted by molar-refractivity contribution is 0.0480. The van der Waals surface area contributed by atoms with Gasteiger partial charge in [0.05, 0.1) is 18.8 Å². The molecule has 0 saturated heterocycles. The first kappa shape index (κ1) is 13.1. The number of aryl methyl sites for hydroxylation is 1. The molecule has 0 bridgehead atoms. The summed E-state index contributed by atoms with van der Waals surface area (Å²) in [5, 5.41) is 0. The maximum Gasteiger partial charge on any atom is 0.342 e. The van der Waals surface area contributed by atoms with Crippen LogP contribution >= 0.6 is 0 Å². The number of nitrogens with two attached hydrogens (primary N) is 1. The van der Waals surface area contributed by atoms with Gasteiger partial charge in [-0.05, 0) is 20.8 Å². The molecule has 0 aliphatic rings. The Hall–Kier alpha value is -1.98. The van der Waals surface area contributed by atoms with E-state index in [9.17, 15) is 9.59 Å². The van der Waals surface area contributed by atoms with E-state index < -0.39 is 11.9 Å². The molecule has 3 N–H and O–H groups in total. The second-order valence-electron chi connectivity index (χ2n) is 3.35. The van der Waals surface area contributed by atoms with Crippen LogP contribution in [0.25, 0.3) is 0 Å². The molecule has 0 amide bonds. The number of aromatic amines is 1. The van der Waals surface area contributed by atoms with E-state index >= 15 is 0 Å². The highest BCUT2D eigenvalue weighted by Gasteiger charge is 2.26. The maximum atomic E-state index is 11.7. The van der Waals surface area contributed by atoms with Gasteiger partial charge in [0, 0.05) is 5.69 Å². The molecule has 6 heteroatoms. The van der Waals surface area contributed by atoms with Gasteiger partial charge in [-0.15, -0.1) is 0 Å². The van der Waals surface area contributed by atoms with Crippen LogP contribution in [-0.4, -0.2) is 30.1 Å². The summed E-state index contributed by atoms with van der Waals surface area (Å²) in [4.78, 5) is 26.1. The molecule has 0 aromatic carbocycles. The highest BCUT2D eigenvalue weighted by atomic mass is 16.5. The fourth-order valence-electron chi connectivity index (χ4n) is 1.52. The molecular weight excluding hydrogens is 224 g/mol. The number of hydrogen-bond donors (Lipinski definition) is 2. The number of aromatic nitrogens is 1. The molecule has 17 heavy (non-hydrogen) atoms. The second kappa shape index (κ2) is 5.38. The number of esters is 2. The second-order valence-corrected chi connectivity index (χ2v) is 3.35. The quantitative estimate of drug-likeness (QED) is 0.772. The van der Waals surface area contributed by atoms with E-state index in [1.54, 1.807) is 20.8 Å². The van der Waals surface area contributed by atoms with Crippen molar-refractivity contribution in [3.05, 3.63) is 16.8 Å². The van der Waals surface area contributed by atoms with Crippen LogP contribution in [0.5, 0.6) is 0 Å². The number of carbonyl (C=O) groups is 2. The Morgan fingerprint density at radius 1 is 1.12 bits per heavy atom. The van der Waals surface area contributed by atoms with Gasteiger partial charge in [-0.1, -0.05) is 0 Å². The minimum atomic E-state index is -0.627. The van der Waals surface area contributed by atoms with Gasteiger partial charge in [0.2, 0.25) is 0 Å². The third-order valence-corrected chi connectivity index (χ3v) is 2.18. The van der Waals surface area contributed by atoms with E-state index in [1.807, 2.05) is 0 Å². The normalized spacial score (nSPS) is 10.1. The predicted octanol–water partition coefficient (Wildman–Crippen LogP) is 1.26. The number of nitrogen functional groups attached to an aromatic ring is 1. The van der Waals surface area contributed by atoms with Gasteiger partial charge in [0.25, 0.3) is 0 Å². The molecule has 1 rings (SSSR count). The summed E-state index contributed by atoms with van der Waals surface area (Å²) in [6.07, 6.45) is 0. The number of hydrogen-bond acceptors (Lipinski definition) is 5. The van der Waals surface area contributed by atoms with Crippen LogP contribution in [0.15, 0.2) is 0 Å². The first-order chi connectivity index (χ1) is 8.02. The Balaban J connectivity index is 3.19. The third kappa shape index (κ3) is 2.58. The van der Waals surface area contributed by atoms with E-state index in [2.05, 4.69) is 4.98 Å².